The van der Waals surface area contributed by atoms with Crippen molar-refractivity contribution in [3.63, 3.8) is 0 Å². The Labute approximate surface area is 190 Å². The van der Waals surface area contributed by atoms with Crippen molar-refractivity contribution in [2.75, 3.05) is 43.6 Å². The quantitative estimate of drug-likeness (QED) is 0.594. The maximum absolute atomic E-state index is 13.0. The molecule has 0 aliphatic carbocycles. The molecule has 1 fully saturated rings. The van der Waals surface area contributed by atoms with Gasteiger partial charge in [-0.2, -0.15) is 0 Å². The van der Waals surface area contributed by atoms with Crippen LogP contribution in [0.3, 0.4) is 0 Å². The first-order chi connectivity index (χ1) is 15.6. The average Bonchev–Trinajstić information content (AvgIpc) is 2.85. The summed E-state index contributed by atoms with van der Waals surface area (Å²) in [7, 11) is 1.99. The molecule has 4 rings (SSSR count). The summed E-state index contributed by atoms with van der Waals surface area (Å²) in [6.45, 7) is 6.08. The van der Waals surface area contributed by atoms with Gasteiger partial charge in [0, 0.05) is 36.6 Å². The first kappa shape index (κ1) is 22.1. The highest BCUT2D eigenvalue weighted by Crippen LogP contribution is 2.28. The van der Waals surface area contributed by atoms with Crippen molar-refractivity contribution in [1.82, 2.24) is 4.90 Å². The molecule has 3 aromatic rings. The fraction of sp³-hybridized carbons (Fsp3) is 0.296. The highest BCUT2D eigenvalue weighted by molar-refractivity contribution is 5.98. The Bertz CT molecular complexity index is 1010. The first-order valence-electron chi connectivity index (χ1n) is 11.2. The molecule has 1 heterocycles. The van der Waals surface area contributed by atoms with Crippen molar-refractivity contribution in [2.45, 2.75) is 19.5 Å². The third-order valence-corrected chi connectivity index (χ3v) is 6.05. The van der Waals surface area contributed by atoms with Crippen LogP contribution < -0.4 is 10.2 Å². The second-order valence-corrected chi connectivity index (χ2v) is 8.26. The topological polar surface area (TPSA) is 44.8 Å². The number of likely N-dealkylation sites (N-methyl/N-ethyl adjacent to an activating group) is 1. The number of nitrogens with one attached hydrogen (secondary N) is 1. The van der Waals surface area contributed by atoms with E-state index >= 15 is 0 Å². The average molecular weight is 430 g/mol. The third-order valence-electron chi connectivity index (χ3n) is 6.05. The lowest BCUT2D eigenvalue weighted by Gasteiger charge is -2.29. The summed E-state index contributed by atoms with van der Waals surface area (Å²) in [5.74, 6) is -0.0131. The molecule has 5 nitrogen and oxygen atoms in total. The standard InChI is InChI=1S/C27H31N3O2/c1-21(27(31)28-26-11-7-6-10-25(26)23-8-4-3-5-9-23)29(2)20-22-12-14-24(15-13-22)30-16-18-32-19-17-30/h3-15,21H,16-20H2,1-2H3,(H,28,31). The van der Waals surface area contributed by atoms with Gasteiger partial charge >= 0.3 is 0 Å². The number of carbonyl (C=O) groups excluding carboxylic acids is 1. The molecule has 1 N–H and O–H groups in total. The van der Waals surface area contributed by atoms with Gasteiger partial charge < -0.3 is 15.0 Å². The SMILES string of the molecule is CC(C(=O)Nc1ccccc1-c1ccccc1)N(C)Cc1ccc(N2CCOCC2)cc1. The summed E-state index contributed by atoms with van der Waals surface area (Å²) in [6.07, 6.45) is 0. The minimum atomic E-state index is -0.266. The van der Waals surface area contributed by atoms with Crippen LogP contribution in [0.15, 0.2) is 78.9 Å². The van der Waals surface area contributed by atoms with Gasteiger partial charge in [0.25, 0.3) is 0 Å². The molecule has 1 aliphatic rings. The van der Waals surface area contributed by atoms with Gasteiger partial charge in [0.05, 0.1) is 19.3 Å². The largest absolute Gasteiger partial charge is 0.378 e. The molecule has 1 atom stereocenters. The second-order valence-electron chi connectivity index (χ2n) is 8.26. The van der Waals surface area contributed by atoms with Crippen molar-refractivity contribution in [2.24, 2.45) is 0 Å². The van der Waals surface area contributed by atoms with Gasteiger partial charge in [0.1, 0.15) is 0 Å². The van der Waals surface area contributed by atoms with Crippen molar-refractivity contribution in [3.05, 3.63) is 84.4 Å². The lowest BCUT2D eigenvalue weighted by Crippen LogP contribution is -2.39. The monoisotopic (exact) mass is 429 g/mol. The number of hydrogen-bond acceptors (Lipinski definition) is 4. The van der Waals surface area contributed by atoms with Crippen LogP contribution in [0.4, 0.5) is 11.4 Å². The second kappa shape index (κ2) is 10.4. The molecule has 32 heavy (non-hydrogen) atoms. The molecule has 1 unspecified atom stereocenters. The highest BCUT2D eigenvalue weighted by Gasteiger charge is 2.20. The normalized spacial score (nSPS) is 14.9. The molecular formula is C27H31N3O2. The van der Waals surface area contributed by atoms with Crippen LogP contribution in [0.2, 0.25) is 0 Å². The van der Waals surface area contributed by atoms with Crippen molar-refractivity contribution in [1.29, 1.82) is 0 Å². The maximum atomic E-state index is 13.0. The van der Waals surface area contributed by atoms with Gasteiger partial charge in [-0.25, -0.2) is 0 Å². The van der Waals surface area contributed by atoms with E-state index in [0.717, 1.165) is 43.1 Å². The number of amides is 1. The van der Waals surface area contributed by atoms with Gasteiger partial charge in [0.2, 0.25) is 5.91 Å². The van der Waals surface area contributed by atoms with E-state index in [1.54, 1.807) is 0 Å². The lowest BCUT2D eigenvalue weighted by molar-refractivity contribution is -0.120. The molecule has 1 amide bonds. The Morgan fingerprint density at radius 2 is 1.62 bits per heavy atom. The Kier molecular flexibility index (Phi) is 7.20. The zero-order chi connectivity index (χ0) is 22.3. The van der Waals surface area contributed by atoms with Crippen LogP contribution in [-0.2, 0) is 16.1 Å². The molecule has 166 valence electrons. The van der Waals surface area contributed by atoms with E-state index < -0.39 is 0 Å². The molecule has 0 spiro atoms. The number of ether oxygens (including phenoxy) is 1. The number of benzene rings is 3. The van der Waals surface area contributed by atoms with Crippen molar-refractivity contribution < 1.29 is 9.53 Å². The zero-order valence-corrected chi connectivity index (χ0v) is 18.8. The van der Waals surface area contributed by atoms with E-state index in [0.29, 0.717) is 6.54 Å². The van der Waals surface area contributed by atoms with Crippen LogP contribution in [0.25, 0.3) is 11.1 Å². The van der Waals surface area contributed by atoms with Gasteiger partial charge in [-0.1, -0.05) is 60.7 Å². The first-order valence-corrected chi connectivity index (χ1v) is 11.2. The Balaban J connectivity index is 1.38. The van der Waals surface area contributed by atoms with Crippen LogP contribution in [0.5, 0.6) is 0 Å². The van der Waals surface area contributed by atoms with Crippen molar-refractivity contribution in [3.8, 4) is 11.1 Å². The minimum absolute atomic E-state index is 0.0131. The minimum Gasteiger partial charge on any atom is -0.378 e. The fourth-order valence-corrected chi connectivity index (χ4v) is 3.96. The van der Waals surface area contributed by atoms with Crippen LogP contribution in [0.1, 0.15) is 12.5 Å². The fourth-order valence-electron chi connectivity index (χ4n) is 3.96. The van der Waals surface area contributed by atoms with E-state index in [1.165, 1.54) is 11.3 Å². The van der Waals surface area contributed by atoms with Crippen LogP contribution >= 0.6 is 0 Å². The molecule has 0 radical (unpaired) electrons. The molecular weight excluding hydrogens is 398 g/mol. The van der Waals surface area contributed by atoms with Gasteiger partial charge in [-0.3, -0.25) is 9.69 Å². The van der Waals surface area contributed by atoms with E-state index in [-0.39, 0.29) is 11.9 Å². The zero-order valence-electron chi connectivity index (χ0n) is 18.8. The summed E-state index contributed by atoms with van der Waals surface area (Å²) in [5.41, 5.74) is 5.36. The summed E-state index contributed by atoms with van der Waals surface area (Å²) >= 11 is 0. The predicted octanol–water partition coefficient (Wildman–Crippen LogP) is 4.65. The van der Waals surface area contributed by atoms with E-state index in [9.17, 15) is 4.79 Å². The summed E-state index contributed by atoms with van der Waals surface area (Å²) in [5, 5.41) is 3.13. The predicted molar refractivity (Wildman–Crippen MR) is 131 cm³/mol. The van der Waals surface area contributed by atoms with Gasteiger partial charge in [0.15, 0.2) is 0 Å². The highest BCUT2D eigenvalue weighted by atomic mass is 16.5. The Hall–Kier alpha value is -3.15. The molecule has 3 aromatic carbocycles. The third kappa shape index (κ3) is 5.36. The number of morpholine rings is 1. The van der Waals surface area contributed by atoms with Crippen LogP contribution in [-0.4, -0.2) is 50.2 Å². The number of anilines is 2. The van der Waals surface area contributed by atoms with E-state index in [4.69, 9.17) is 4.74 Å². The molecule has 1 saturated heterocycles. The summed E-state index contributed by atoms with van der Waals surface area (Å²) in [6, 6.07) is 26.4. The Morgan fingerprint density at radius 3 is 2.34 bits per heavy atom. The number of nitrogens with zero attached hydrogens (tertiary/aromatic N) is 2. The Morgan fingerprint density at radius 1 is 0.969 bits per heavy atom. The summed E-state index contributed by atoms with van der Waals surface area (Å²) < 4.78 is 5.44. The van der Waals surface area contributed by atoms with E-state index in [1.807, 2.05) is 56.4 Å². The van der Waals surface area contributed by atoms with Gasteiger partial charge in [-0.05, 0) is 43.3 Å². The maximum Gasteiger partial charge on any atom is 0.241 e. The number of rotatable bonds is 7. The molecule has 5 heteroatoms. The van der Waals surface area contributed by atoms with Crippen molar-refractivity contribution >= 4 is 17.3 Å². The van der Waals surface area contributed by atoms with Gasteiger partial charge in [-0.15, -0.1) is 0 Å². The van der Waals surface area contributed by atoms with E-state index in [2.05, 4.69) is 51.5 Å². The smallest absolute Gasteiger partial charge is 0.241 e. The molecule has 1 aliphatic heterocycles. The number of para-hydroxylation sites is 1. The number of carbonyl (C=O) groups is 1. The summed E-state index contributed by atoms with van der Waals surface area (Å²) in [4.78, 5) is 17.4. The number of hydrogen-bond donors (Lipinski definition) is 1. The molecule has 0 aromatic heterocycles. The lowest BCUT2D eigenvalue weighted by atomic mass is 10.0. The molecule has 0 bridgehead atoms. The molecule has 0 saturated carbocycles. The van der Waals surface area contributed by atoms with Crippen LogP contribution in [0, 0.1) is 0 Å².